The van der Waals surface area contributed by atoms with E-state index in [1.165, 1.54) is 23.1 Å². The molecule has 0 bridgehead atoms. The molecule has 1 unspecified atom stereocenters. The van der Waals surface area contributed by atoms with E-state index in [-0.39, 0.29) is 18.2 Å². The second-order valence-corrected chi connectivity index (χ2v) is 7.42. The van der Waals surface area contributed by atoms with Gasteiger partial charge in [0, 0.05) is 47.0 Å². The molecule has 29 heavy (non-hydrogen) atoms. The quantitative estimate of drug-likeness (QED) is 0.144. The van der Waals surface area contributed by atoms with Crippen molar-refractivity contribution in [3.05, 3.63) is 94.7 Å². The van der Waals surface area contributed by atoms with Crippen LogP contribution in [0.3, 0.4) is 0 Å². The summed E-state index contributed by atoms with van der Waals surface area (Å²) in [5, 5.41) is 13.9. The fourth-order valence-corrected chi connectivity index (χ4v) is 3.39. The molecule has 0 fully saturated rings. The number of esters is 1. The van der Waals surface area contributed by atoms with Crippen LogP contribution in [0.15, 0.2) is 83.9 Å². The summed E-state index contributed by atoms with van der Waals surface area (Å²) in [5.74, 6) is 0.439. The van der Waals surface area contributed by atoms with Gasteiger partial charge in [-0.2, -0.15) is 0 Å². The maximum atomic E-state index is 12.3. The Kier molecular flexibility index (Phi) is 8.98. The summed E-state index contributed by atoms with van der Waals surface area (Å²) >= 11 is 1.72. The van der Waals surface area contributed by atoms with Crippen molar-refractivity contribution < 1.29 is 14.5 Å². The Balaban J connectivity index is 1.94. The number of carbonyl (C=O) groups is 1. The predicted molar refractivity (Wildman–Crippen MR) is 116 cm³/mol. The number of allylic oxidation sites excluding steroid dienone is 1. The first-order valence-corrected chi connectivity index (χ1v) is 10.1. The van der Waals surface area contributed by atoms with Crippen LogP contribution in [-0.2, 0) is 16.1 Å². The third-order valence-electron chi connectivity index (χ3n) is 4.03. The molecule has 0 amide bonds. The van der Waals surface area contributed by atoms with Crippen LogP contribution in [0.25, 0.3) is 0 Å². The molecule has 0 saturated carbocycles. The Bertz CT molecular complexity index is 851. The Morgan fingerprint density at radius 1 is 1.24 bits per heavy atom. The first kappa shape index (κ1) is 22.2. The van der Waals surface area contributed by atoms with Crippen molar-refractivity contribution in [3.8, 4) is 0 Å². The molecule has 0 aromatic heterocycles. The van der Waals surface area contributed by atoms with E-state index in [0.717, 1.165) is 11.4 Å². The highest BCUT2D eigenvalue weighted by molar-refractivity contribution is 7.99. The fourth-order valence-electron chi connectivity index (χ4n) is 2.42. The van der Waals surface area contributed by atoms with Gasteiger partial charge in [0.2, 0.25) is 0 Å². The Hall–Kier alpha value is -3.06. The van der Waals surface area contributed by atoms with E-state index in [0.29, 0.717) is 12.1 Å². The van der Waals surface area contributed by atoms with Gasteiger partial charge < -0.3 is 10.1 Å². The predicted octanol–water partition coefficient (Wildman–Crippen LogP) is 4.73. The molecule has 1 atom stereocenters. The number of nitrogens with zero attached hydrogens (tertiary/aromatic N) is 1. The number of nitrogens with one attached hydrogen (secondary N) is 1. The summed E-state index contributed by atoms with van der Waals surface area (Å²) in [6, 6.07) is 16.0. The van der Waals surface area contributed by atoms with E-state index in [2.05, 4.69) is 24.0 Å². The van der Waals surface area contributed by atoms with Gasteiger partial charge in [0.05, 0.1) is 4.92 Å². The highest BCUT2D eigenvalue weighted by Gasteiger charge is 2.12. The molecule has 2 rings (SSSR count). The van der Waals surface area contributed by atoms with E-state index in [1.54, 1.807) is 30.0 Å². The zero-order valence-electron chi connectivity index (χ0n) is 16.2. The van der Waals surface area contributed by atoms with Gasteiger partial charge in [0.15, 0.2) is 0 Å². The first-order chi connectivity index (χ1) is 14.0. The van der Waals surface area contributed by atoms with Gasteiger partial charge in [-0.1, -0.05) is 31.2 Å². The molecule has 0 heterocycles. The number of carbonyl (C=O) groups excluding carboxylic acids is 1. The van der Waals surface area contributed by atoms with Crippen molar-refractivity contribution in [1.29, 1.82) is 0 Å². The number of hydrogen-bond acceptors (Lipinski definition) is 6. The number of hydrogen-bond donors (Lipinski definition) is 1. The van der Waals surface area contributed by atoms with Gasteiger partial charge in [-0.15, -0.1) is 18.3 Å². The minimum atomic E-state index is -0.467. The highest BCUT2D eigenvalue weighted by atomic mass is 32.2. The van der Waals surface area contributed by atoms with Crippen LogP contribution >= 0.6 is 11.8 Å². The lowest BCUT2D eigenvalue weighted by Gasteiger charge is -2.17. The Labute approximate surface area is 174 Å². The van der Waals surface area contributed by atoms with Gasteiger partial charge in [-0.25, -0.2) is 4.79 Å². The normalized spacial score (nSPS) is 12.1. The van der Waals surface area contributed by atoms with E-state index in [1.807, 2.05) is 25.1 Å². The van der Waals surface area contributed by atoms with E-state index in [9.17, 15) is 14.9 Å². The van der Waals surface area contributed by atoms with Crippen molar-refractivity contribution in [3.63, 3.8) is 0 Å². The fraction of sp³-hybridized carbons (Fsp3) is 0.227. The zero-order chi connectivity index (χ0) is 21.1. The first-order valence-electron chi connectivity index (χ1n) is 9.14. The number of nitro benzene ring substituents is 1. The number of thioether (sulfide) groups is 1. The molecule has 152 valence electrons. The van der Waals surface area contributed by atoms with Gasteiger partial charge in [0.25, 0.3) is 5.69 Å². The Morgan fingerprint density at radius 2 is 1.93 bits per heavy atom. The lowest BCUT2D eigenvalue weighted by atomic mass is 10.1. The molecule has 6 nitrogen and oxygen atoms in total. The van der Waals surface area contributed by atoms with Gasteiger partial charge in [-0.05, 0) is 29.8 Å². The number of benzene rings is 2. The molecule has 1 N–H and O–H groups in total. The van der Waals surface area contributed by atoms with Crippen molar-refractivity contribution in [1.82, 2.24) is 5.32 Å². The molecule has 0 saturated heterocycles. The molecule has 2 aromatic carbocycles. The smallest absolute Gasteiger partial charge is 0.332 e. The summed E-state index contributed by atoms with van der Waals surface area (Å²) in [7, 11) is 0. The summed E-state index contributed by atoms with van der Waals surface area (Å²) in [4.78, 5) is 23.7. The van der Waals surface area contributed by atoms with Crippen LogP contribution in [0, 0.1) is 16.0 Å². The Morgan fingerprint density at radius 3 is 2.55 bits per heavy atom. The summed E-state index contributed by atoms with van der Waals surface area (Å²) in [6.07, 6.45) is 3.19. The van der Waals surface area contributed by atoms with Crippen molar-refractivity contribution in [2.75, 3.05) is 12.3 Å². The molecular formula is C22H24N2O4S. The minimum absolute atomic E-state index is 0.000578. The molecule has 0 radical (unpaired) electrons. The van der Waals surface area contributed by atoms with E-state index >= 15 is 0 Å². The third kappa shape index (κ3) is 7.83. The van der Waals surface area contributed by atoms with Gasteiger partial charge >= 0.3 is 5.97 Å². The highest BCUT2D eigenvalue weighted by Crippen LogP contribution is 2.23. The molecule has 0 spiro atoms. The third-order valence-corrected chi connectivity index (χ3v) is 5.30. The van der Waals surface area contributed by atoms with Gasteiger partial charge in [-0.3, -0.25) is 10.1 Å². The molecule has 0 aliphatic rings. The van der Waals surface area contributed by atoms with Crippen molar-refractivity contribution >= 4 is 23.4 Å². The largest absolute Gasteiger partial charge is 0.458 e. The van der Waals surface area contributed by atoms with Crippen LogP contribution < -0.4 is 5.32 Å². The summed E-state index contributed by atoms with van der Waals surface area (Å²) < 4.78 is 5.29. The molecule has 0 aliphatic carbocycles. The van der Waals surface area contributed by atoms with E-state index in [4.69, 9.17) is 4.74 Å². The maximum absolute atomic E-state index is 12.3. The SMILES string of the molecule is C=CCNC(=CC(=O)OCc1ccc([N+](=O)[O-])cc1)C(C)CSc1ccccc1. The van der Waals surface area contributed by atoms with Crippen LogP contribution in [0.2, 0.25) is 0 Å². The molecule has 0 aliphatic heterocycles. The maximum Gasteiger partial charge on any atom is 0.332 e. The number of rotatable bonds is 11. The summed E-state index contributed by atoms with van der Waals surface area (Å²) in [5.41, 5.74) is 1.47. The minimum Gasteiger partial charge on any atom is -0.458 e. The van der Waals surface area contributed by atoms with Crippen LogP contribution in [0.4, 0.5) is 5.69 Å². The van der Waals surface area contributed by atoms with Crippen LogP contribution in [0.5, 0.6) is 0 Å². The number of ether oxygens (including phenoxy) is 1. The zero-order valence-corrected chi connectivity index (χ0v) is 17.1. The van der Waals surface area contributed by atoms with Gasteiger partial charge in [0.1, 0.15) is 6.61 Å². The average molecular weight is 413 g/mol. The summed E-state index contributed by atoms with van der Waals surface area (Å²) in [6.45, 7) is 6.34. The lowest BCUT2D eigenvalue weighted by Crippen LogP contribution is -2.22. The average Bonchev–Trinajstić information content (AvgIpc) is 2.74. The number of nitro groups is 1. The van der Waals surface area contributed by atoms with Crippen LogP contribution in [0.1, 0.15) is 12.5 Å². The lowest BCUT2D eigenvalue weighted by molar-refractivity contribution is -0.384. The second kappa shape index (κ2) is 11.7. The molecular weight excluding hydrogens is 388 g/mol. The monoisotopic (exact) mass is 412 g/mol. The topological polar surface area (TPSA) is 81.5 Å². The standard InChI is InChI=1S/C22H24N2O4S/c1-3-13-23-21(17(2)16-29-20-7-5-4-6-8-20)14-22(25)28-15-18-9-11-19(12-10-18)24(26)27/h3-12,14,17,23H,1,13,15-16H2,2H3. The van der Waals surface area contributed by atoms with Crippen LogP contribution in [-0.4, -0.2) is 23.2 Å². The van der Waals surface area contributed by atoms with E-state index < -0.39 is 10.9 Å². The number of non-ortho nitro benzene ring substituents is 1. The van der Waals surface area contributed by atoms with Crippen molar-refractivity contribution in [2.45, 2.75) is 18.4 Å². The molecule has 7 heteroatoms. The second-order valence-electron chi connectivity index (χ2n) is 6.33. The van der Waals surface area contributed by atoms with Crippen molar-refractivity contribution in [2.24, 2.45) is 5.92 Å². The molecule has 2 aromatic rings.